The van der Waals surface area contributed by atoms with Crippen LogP contribution in [0.15, 0.2) is 36.4 Å². The Morgan fingerprint density at radius 2 is 1.86 bits per heavy atom. The van der Waals surface area contributed by atoms with E-state index in [9.17, 15) is 4.79 Å². The van der Waals surface area contributed by atoms with Crippen molar-refractivity contribution < 1.29 is 14.6 Å². The van der Waals surface area contributed by atoms with Crippen LogP contribution in [-0.2, 0) is 0 Å². The van der Waals surface area contributed by atoms with Crippen molar-refractivity contribution in [1.82, 2.24) is 0 Å². The zero-order chi connectivity index (χ0) is 16.3. The van der Waals surface area contributed by atoms with E-state index in [0.29, 0.717) is 12.4 Å². The summed E-state index contributed by atoms with van der Waals surface area (Å²) in [6, 6.07) is 11.2. The topological polar surface area (TPSA) is 46.5 Å². The van der Waals surface area contributed by atoms with Crippen LogP contribution < -0.4 is 4.74 Å². The normalized spacial score (nSPS) is 12.0. The second-order valence-electron chi connectivity index (χ2n) is 5.19. The van der Waals surface area contributed by atoms with Gasteiger partial charge in [0.1, 0.15) is 5.75 Å². The Morgan fingerprint density at radius 1 is 1.23 bits per heavy atom. The monoisotopic (exact) mass is 338 g/mol. The third-order valence-electron chi connectivity index (χ3n) is 3.34. The van der Waals surface area contributed by atoms with Gasteiger partial charge in [0, 0.05) is 5.92 Å². The summed E-state index contributed by atoms with van der Waals surface area (Å²) in [5.41, 5.74) is 2.27. The molecule has 0 saturated heterocycles. The molecule has 2 aromatic carbocycles. The van der Waals surface area contributed by atoms with E-state index in [4.69, 9.17) is 33.0 Å². The highest BCUT2D eigenvalue weighted by molar-refractivity contribution is 6.39. The molecule has 5 heteroatoms. The van der Waals surface area contributed by atoms with Crippen molar-refractivity contribution in [2.45, 2.75) is 19.8 Å². The largest absolute Gasteiger partial charge is 0.493 e. The van der Waals surface area contributed by atoms with Crippen LogP contribution in [0, 0.1) is 6.92 Å². The maximum absolute atomic E-state index is 11.0. The van der Waals surface area contributed by atoms with E-state index in [-0.39, 0.29) is 21.5 Å². The summed E-state index contributed by atoms with van der Waals surface area (Å²) >= 11 is 11.9. The second-order valence-corrected chi connectivity index (χ2v) is 6.01. The van der Waals surface area contributed by atoms with Crippen LogP contribution in [-0.4, -0.2) is 17.7 Å². The van der Waals surface area contributed by atoms with Gasteiger partial charge in [0.15, 0.2) is 0 Å². The second kappa shape index (κ2) is 7.03. The van der Waals surface area contributed by atoms with Crippen LogP contribution in [0.1, 0.15) is 34.3 Å². The van der Waals surface area contributed by atoms with Crippen molar-refractivity contribution in [2.75, 3.05) is 6.61 Å². The number of ether oxygens (including phenoxy) is 1. The lowest BCUT2D eigenvalue weighted by Gasteiger charge is -2.15. The molecule has 2 rings (SSSR count). The number of aromatic carboxylic acids is 1. The van der Waals surface area contributed by atoms with E-state index in [2.05, 4.69) is 19.1 Å². The van der Waals surface area contributed by atoms with Gasteiger partial charge in [-0.3, -0.25) is 0 Å². The Labute approximate surface area is 139 Å². The molecule has 0 aromatic heterocycles. The summed E-state index contributed by atoms with van der Waals surface area (Å²) in [6.45, 7) is 4.55. The Balaban J connectivity index is 2.10. The van der Waals surface area contributed by atoms with Gasteiger partial charge in [-0.2, -0.15) is 0 Å². The minimum absolute atomic E-state index is 0.0678. The number of benzene rings is 2. The zero-order valence-electron chi connectivity index (χ0n) is 12.3. The van der Waals surface area contributed by atoms with Crippen LogP contribution in [0.5, 0.6) is 5.75 Å². The molecule has 0 heterocycles. The molecular weight excluding hydrogens is 323 g/mol. The van der Waals surface area contributed by atoms with E-state index in [1.807, 2.05) is 19.1 Å². The lowest BCUT2D eigenvalue weighted by atomic mass is 10.0. The first-order chi connectivity index (χ1) is 10.4. The maximum Gasteiger partial charge on any atom is 0.338 e. The molecule has 3 nitrogen and oxygen atoms in total. The molecule has 22 heavy (non-hydrogen) atoms. The van der Waals surface area contributed by atoms with Crippen molar-refractivity contribution in [3.05, 3.63) is 63.1 Å². The predicted molar refractivity (Wildman–Crippen MR) is 88.5 cm³/mol. The van der Waals surface area contributed by atoms with E-state index < -0.39 is 5.97 Å². The fourth-order valence-corrected chi connectivity index (χ4v) is 2.76. The van der Waals surface area contributed by atoms with Crippen molar-refractivity contribution in [2.24, 2.45) is 0 Å². The molecule has 0 amide bonds. The molecule has 0 fully saturated rings. The third-order valence-corrected chi connectivity index (χ3v) is 3.94. The molecule has 0 radical (unpaired) electrons. The van der Waals surface area contributed by atoms with Gasteiger partial charge in [0.05, 0.1) is 22.2 Å². The number of carbonyl (C=O) groups is 1. The standard InChI is InChI=1S/C17H16Cl2O3/c1-10-4-3-5-12(6-10)11(2)9-22-13-7-14(18)16(17(20)21)15(19)8-13/h3-8,11H,9H2,1-2H3,(H,20,21). The van der Waals surface area contributed by atoms with Crippen LogP contribution in [0.4, 0.5) is 0 Å². The van der Waals surface area contributed by atoms with Gasteiger partial charge in [-0.1, -0.05) is 60.0 Å². The van der Waals surface area contributed by atoms with Crippen molar-refractivity contribution in [1.29, 1.82) is 0 Å². The van der Waals surface area contributed by atoms with Gasteiger partial charge in [-0.15, -0.1) is 0 Å². The Kier molecular flexibility index (Phi) is 5.33. The molecule has 0 aliphatic heterocycles. The number of aryl methyl sites for hydroxylation is 1. The van der Waals surface area contributed by atoms with E-state index in [0.717, 1.165) is 0 Å². The first-order valence-corrected chi connectivity index (χ1v) is 7.55. The molecule has 2 aromatic rings. The maximum atomic E-state index is 11.0. The summed E-state index contributed by atoms with van der Waals surface area (Å²) in [7, 11) is 0. The lowest BCUT2D eigenvalue weighted by Crippen LogP contribution is -2.08. The summed E-state index contributed by atoms with van der Waals surface area (Å²) in [4.78, 5) is 11.0. The number of rotatable bonds is 5. The number of halogens is 2. The minimum Gasteiger partial charge on any atom is -0.493 e. The molecular formula is C17H16Cl2O3. The number of carboxylic acids is 1. The first-order valence-electron chi connectivity index (χ1n) is 6.80. The van der Waals surface area contributed by atoms with Gasteiger partial charge in [-0.05, 0) is 24.6 Å². The van der Waals surface area contributed by atoms with Crippen LogP contribution in [0.3, 0.4) is 0 Å². The molecule has 0 spiro atoms. The average molecular weight is 339 g/mol. The summed E-state index contributed by atoms with van der Waals surface area (Å²) in [5, 5.41) is 9.16. The summed E-state index contributed by atoms with van der Waals surface area (Å²) in [5.74, 6) is -0.509. The highest BCUT2D eigenvalue weighted by Crippen LogP contribution is 2.31. The molecule has 0 aliphatic rings. The van der Waals surface area contributed by atoms with Crippen LogP contribution in [0.25, 0.3) is 0 Å². The Bertz CT molecular complexity index is 675. The van der Waals surface area contributed by atoms with Gasteiger partial charge in [0.2, 0.25) is 0 Å². The fourth-order valence-electron chi connectivity index (χ4n) is 2.13. The van der Waals surface area contributed by atoms with Crippen molar-refractivity contribution >= 4 is 29.2 Å². The molecule has 0 bridgehead atoms. The van der Waals surface area contributed by atoms with Crippen LogP contribution >= 0.6 is 23.2 Å². The van der Waals surface area contributed by atoms with Crippen molar-refractivity contribution in [3.63, 3.8) is 0 Å². The Hall–Kier alpha value is -1.71. The predicted octanol–water partition coefficient (Wildman–Crippen LogP) is 5.18. The molecule has 116 valence electrons. The highest BCUT2D eigenvalue weighted by atomic mass is 35.5. The van der Waals surface area contributed by atoms with E-state index in [1.54, 1.807) is 0 Å². The van der Waals surface area contributed by atoms with Crippen molar-refractivity contribution in [3.8, 4) is 5.75 Å². The first kappa shape index (κ1) is 16.7. The Morgan fingerprint density at radius 3 is 2.41 bits per heavy atom. The number of carboxylic acid groups (broad SMARTS) is 1. The van der Waals surface area contributed by atoms with Crippen LogP contribution in [0.2, 0.25) is 10.0 Å². The molecule has 1 N–H and O–H groups in total. The summed E-state index contributed by atoms with van der Waals surface area (Å²) in [6.07, 6.45) is 0. The molecule has 1 atom stereocenters. The molecule has 0 saturated carbocycles. The minimum atomic E-state index is -1.16. The molecule has 1 unspecified atom stereocenters. The highest BCUT2D eigenvalue weighted by Gasteiger charge is 2.16. The third kappa shape index (κ3) is 3.93. The zero-order valence-corrected chi connectivity index (χ0v) is 13.8. The van der Waals surface area contributed by atoms with Gasteiger partial charge >= 0.3 is 5.97 Å². The van der Waals surface area contributed by atoms with Gasteiger partial charge in [-0.25, -0.2) is 4.79 Å². The smallest absolute Gasteiger partial charge is 0.338 e. The fraction of sp³-hybridized carbons (Fsp3) is 0.235. The van der Waals surface area contributed by atoms with E-state index >= 15 is 0 Å². The van der Waals surface area contributed by atoms with Gasteiger partial charge in [0.25, 0.3) is 0 Å². The van der Waals surface area contributed by atoms with Gasteiger partial charge < -0.3 is 9.84 Å². The number of hydrogen-bond donors (Lipinski definition) is 1. The lowest BCUT2D eigenvalue weighted by molar-refractivity contribution is 0.0697. The SMILES string of the molecule is Cc1cccc(C(C)COc2cc(Cl)c(C(=O)O)c(Cl)c2)c1. The quantitative estimate of drug-likeness (QED) is 0.816. The molecule has 0 aliphatic carbocycles. The summed E-state index contributed by atoms with van der Waals surface area (Å²) < 4.78 is 5.70. The average Bonchev–Trinajstić information content (AvgIpc) is 2.43. The van der Waals surface area contributed by atoms with E-state index in [1.165, 1.54) is 23.3 Å². The number of hydrogen-bond acceptors (Lipinski definition) is 2.